The van der Waals surface area contributed by atoms with E-state index >= 15 is 0 Å². The summed E-state index contributed by atoms with van der Waals surface area (Å²) in [6, 6.07) is 0.390. The van der Waals surface area contributed by atoms with Crippen LogP contribution in [-0.4, -0.2) is 61.5 Å². The van der Waals surface area contributed by atoms with Crippen LogP contribution in [0, 0.1) is 5.92 Å². The lowest BCUT2D eigenvalue weighted by molar-refractivity contribution is -0.124. The molecule has 6 heteroatoms. The molecule has 2 atom stereocenters. The highest BCUT2D eigenvalue weighted by molar-refractivity contribution is 5.82. The maximum Gasteiger partial charge on any atom is 0.237 e. The van der Waals surface area contributed by atoms with Gasteiger partial charge in [0.15, 0.2) is 0 Å². The van der Waals surface area contributed by atoms with Crippen molar-refractivity contribution in [2.24, 2.45) is 5.92 Å². The predicted molar refractivity (Wildman–Crippen MR) is 98.2 cm³/mol. The molecule has 1 aliphatic carbocycles. The first-order valence-electron chi connectivity index (χ1n) is 10.2. The van der Waals surface area contributed by atoms with Gasteiger partial charge in [0.05, 0.1) is 12.6 Å². The lowest BCUT2D eigenvalue weighted by Gasteiger charge is -2.33. The van der Waals surface area contributed by atoms with Crippen LogP contribution in [0.4, 0.5) is 0 Å². The van der Waals surface area contributed by atoms with Gasteiger partial charge in [0, 0.05) is 19.1 Å². The summed E-state index contributed by atoms with van der Waals surface area (Å²) in [4.78, 5) is 26.7. The van der Waals surface area contributed by atoms with Crippen molar-refractivity contribution >= 4 is 11.8 Å². The zero-order valence-corrected chi connectivity index (χ0v) is 15.4. The van der Waals surface area contributed by atoms with Gasteiger partial charge < -0.3 is 16.0 Å². The number of nitrogens with zero attached hydrogens (tertiary/aromatic N) is 1. The number of nitrogens with one attached hydrogen (secondary N) is 3. The smallest absolute Gasteiger partial charge is 0.237 e. The van der Waals surface area contributed by atoms with Gasteiger partial charge in [-0.1, -0.05) is 19.3 Å². The van der Waals surface area contributed by atoms with Gasteiger partial charge in [0.25, 0.3) is 0 Å². The highest BCUT2D eigenvalue weighted by Gasteiger charge is 2.25. The summed E-state index contributed by atoms with van der Waals surface area (Å²) < 4.78 is 0. The van der Waals surface area contributed by atoms with Crippen LogP contribution in [0.5, 0.6) is 0 Å². The fourth-order valence-corrected chi connectivity index (χ4v) is 4.46. The van der Waals surface area contributed by atoms with Crippen molar-refractivity contribution in [1.29, 1.82) is 0 Å². The highest BCUT2D eigenvalue weighted by Crippen LogP contribution is 2.18. The summed E-state index contributed by atoms with van der Waals surface area (Å²) >= 11 is 0. The molecule has 3 rings (SSSR count). The minimum atomic E-state index is 0.000893. The van der Waals surface area contributed by atoms with E-state index in [2.05, 4.69) is 20.9 Å². The van der Waals surface area contributed by atoms with Crippen LogP contribution >= 0.6 is 0 Å². The maximum absolute atomic E-state index is 12.3. The van der Waals surface area contributed by atoms with E-state index in [0.29, 0.717) is 18.5 Å². The average molecular weight is 351 g/mol. The van der Waals surface area contributed by atoms with E-state index in [-0.39, 0.29) is 17.9 Å². The van der Waals surface area contributed by atoms with Gasteiger partial charge in [-0.05, 0) is 57.5 Å². The quantitative estimate of drug-likeness (QED) is 0.669. The summed E-state index contributed by atoms with van der Waals surface area (Å²) in [6.07, 6.45) is 10.3. The van der Waals surface area contributed by atoms with Gasteiger partial charge in [0.1, 0.15) is 0 Å². The fraction of sp³-hybridized carbons (Fsp3) is 0.895. The molecule has 2 saturated heterocycles. The predicted octanol–water partition coefficient (Wildman–Crippen LogP) is 1.02. The lowest BCUT2D eigenvalue weighted by atomic mass is 9.95. The Labute approximate surface area is 151 Å². The Hall–Kier alpha value is -1.14. The van der Waals surface area contributed by atoms with Crippen molar-refractivity contribution in [3.63, 3.8) is 0 Å². The Morgan fingerprint density at radius 3 is 2.60 bits per heavy atom. The van der Waals surface area contributed by atoms with Gasteiger partial charge in [-0.15, -0.1) is 0 Å². The molecular formula is C19H34N4O2. The van der Waals surface area contributed by atoms with Crippen LogP contribution in [0.2, 0.25) is 0 Å². The molecule has 0 spiro atoms. The molecule has 25 heavy (non-hydrogen) atoms. The van der Waals surface area contributed by atoms with Gasteiger partial charge in [-0.25, -0.2) is 0 Å². The van der Waals surface area contributed by atoms with E-state index in [9.17, 15) is 9.59 Å². The molecule has 2 heterocycles. The van der Waals surface area contributed by atoms with Crippen molar-refractivity contribution in [1.82, 2.24) is 20.9 Å². The second kappa shape index (κ2) is 9.53. The molecular weight excluding hydrogens is 316 g/mol. The first kappa shape index (κ1) is 18.6. The Balaban J connectivity index is 1.35. The van der Waals surface area contributed by atoms with Gasteiger partial charge in [-0.3, -0.25) is 14.5 Å². The summed E-state index contributed by atoms with van der Waals surface area (Å²) in [5.41, 5.74) is 0. The number of hydrogen-bond acceptors (Lipinski definition) is 4. The third kappa shape index (κ3) is 5.96. The summed E-state index contributed by atoms with van der Waals surface area (Å²) in [6.45, 7) is 4.09. The van der Waals surface area contributed by atoms with E-state index in [4.69, 9.17) is 0 Å². The maximum atomic E-state index is 12.3. The molecule has 0 aromatic rings. The Kier molecular flexibility index (Phi) is 7.11. The number of piperidine rings is 1. The topological polar surface area (TPSA) is 73.5 Å². The molecule has 3 fully saturated rings. The Morgan fingerprint density at radius 1 is 1.00 bits per heavy atom. The van der Waals surface area contributed by atoms with E-state index in [1.165, 1.54) is 19.3 Å². The largest absolute Gasteiger partial charge is 0.354 e. The Morgan fingerprint density at radius 2 is 1.84 bits per heavy atom. The molecule has 2 amide bonds. The first-order valence-corrected chi connectivity index (χ1v) is 10.2. The monoisotopic (exact) mass is 350 g/mol. The van der Waals surface area contributed by atoms with Gasteiger partial charge >= 0.3 is 0 Å². The number of likely N-dealkylation sites (tertiary alicyclic amines) is 1. The van der Waals surface area contributed by atoms with Crippen LogP contribution in [0.25, 0.3) is 0 Å². The minimum Gasteiger partial charge on any atom is -0.354 e. The second-order valence-electron chi connectivity index (χ2n) is 8.04. The molecule has 2 aliphatic heterocycles. The summed E-state index contributed by atoms with van der Waals surface area (Å²) in [5.74, 6) is 0.776. The van der Waals surface area contributed by atoms with Crippen LogP contribution in [-0.2, 0) is 9.59 Å². The van der Waals surface area contributed by atoms with E-state index in [0.717, 1.165) is 64.7 Å². The number of carbonyl (C=O) groups excluding carboxylic acids is 2. The van der Waals surface area contributed by atoms with E-state index in [1.54, 1.807) is 0 Å². The third-order valence-corrected chi connectivity index (χ3v) is 5.88. The SMILES string of the molecule is O=C(CN1CCCC(CNC(=O)C2CCCN2)C1)NC1CCCCC1. The second-order valence-corrected chi connectivity index (χ2v) is 8.04. The van der Waals surface area contributed by atoms with Crippen LogP contribution in [0.1, 0.15) is 57.8 Å². The van der Waals surface area contributed by atoms with Crippen LogP contribution < -0.4 is 16.0 Å². The van der Waals surface area contributed by atoms with Crippen LogP contribution in [0.3, 0.4) is 0 Å². The molecule has 0 bridgehead atoms. The zero-order chi connectivity index (χ0) is 17.5. The molecule has 0 aromatic heterocycles. The molecule has 0 aromatic carbocycles. The van der Waals surface area contributed by atoms with E-state index < -0.39 is 0 Å². The molecule has 6 nitrogen and oxygen atoms in total. The van der Waals surface area contributed by atoms with Gasteiger partial charge in [0.2, 0.25) is 11.8 Å². The number of hydrogen-bond donors (Lipinski definition) is 3. The average Bonchev–Trinajstić information content (AvgIpc) is 3.15. The molecule has 3 aliphatic rings. The van der Waals surface area contributed by atoms with Crippen molar-refractivity contribution in [2.75, 3.05) is 32.7 Å². The van der Waals surface area contributed by atoms with E-state index in [1.807, 2.05) is 0 Å². The van der Waals surface area contributed by atoms with Crippen molar-refractivity contribution < 1.29 is 9.59 Å². The number of amides is 2. The first-order chi connectivity index (χ1) is 12.2. The Bertz CT molecular complexity index is 445. The van der Waals surface area contributed by atoms with Crippen molar-refractivity contribution in [3.05, 3.63) is 0 Å². The molecule has 1 saturated carbocycles. The number of carbonyl (C=O) groups is 2. The molecule has 2 unspecified atom stereocenters. The lowest BCUT2D eigenvalue weighted by Crippen LogP contribution is -2.48. The number of rotatable bonds is 6. The fourth-order valence-electron chi connectivity index (χ4n) is 4.46. The van der Waals surface area contributed by atoms with Gasteiger partial charge in [-0.2, -0.15) is 0 Å². The van der Waals surface area contributed by atoms with Crippen LogP contribution in [0.15, 0.2) is 0 Å². The third-order valence-electron chi connectivity index (χ3n) is 5.88. The molecule has 0 radical (unpaired) electrons. The van der Waals surface area contributed by atoms with Crippen molar-refractivity contribution in [2.45, 2.75) is 69.9 Å². The van der Waals surface area contributed by atoms with Crippen molar-refractivity contribution in [3.8, 4) is 0 Å². The summed E-state index contributed by atoms with van der Waals surface area (Å²) in [7, 11) is 0. The molecule has 142 valence electrons. The highest BCUT2D eigenvalue weighted by atomic mass is 16.2. The standard InChI is InChI=1S/C19H34N4O2/c24-18(22-16-7-2-1-3-8-16)14-23-11-5-6-15(13-23)12-21-19(25)17-9-4-10-20-17/h15-17,20H,1-14H2,(H,21,25)(H,22,24). The summed E-state index contributed by atoms with van der Waals surface area (Å²) in [5, 5.41) is 9.56. The zero-order valence-electron chi connectivity index (χ0n) is 15.4. The molecule has 3 N–H and O–H groups in total. The minimum absolute atomic E-state index is 0.000893. The normalized spacial score (nSPS) is 28.6.